The lowest BCUT2D eigenvalue weighted by atomic mass is 10.1. The zero-order valence-corrected chi connectivity index (χ0v) is 10.1. The number of nitrogens with zero attached hydrogens (tertiary/aromatic N) is 1. The summed E-state index contributed by atoms with van der Waals surface area (Å²) in [6, 6.07) is 5.21. The van der Waals surface area contributed by atoms with Crippen LogP contribution in [-0.2, 0) is 4.74 Å². The second-order valence-corrected chi connectivity index (χ2v) is 4.15. The third-order valence-electron chi connectivity index (χ3n) is 2.30. The van der Waals surface area contributed by atoms with E-state index in [1.807, 2.05) is 33.8 Å². The van der Waals surface area contributed by atoms with E-state index in [1.54, 1.807) is 12.1 Å². The average molecular weight is 223 g/mol. The van der Waals surface area contributed by atoms with Gasteiger partial charge in [-0.25, -0.2) is 0 Å². The van der Waals surface area contributed by atoms with Gasteiger partial charge in [-0.1, -0.05) is 6.07 Å². The summed E-state index contributed by atoms with van der Waals surface area (Å²) in [6.07, 6.45) is -0.211. The lowest BCUT2D eigenvalue weighted by Gasteiger charge is -2.16. The van der Waals surface area contributed by atoms with Crippen LogP contribution >= 0.6 is 0 Å². The highest BCUT2D eigenvalue weighted by molar-refractivity contribution is 5.44. The van der Waals surface area contributed by atoms with Crippen LogP contribution in [0.25, 0.3) is 0 Å². The van der Waals surface area contributed by atoms with Gasteiger partial charge in [0.2, 0.25) is 0 Å². The number of nitro benzene ring substituents is 1. The number of nitro groups is 1. The zero-order chi connectivity index (χ0) is 12.3. The molecule has 0 aliphatic carbocycles. The highest BCUT2D eigenvalue weighted by Gasteiger charge is 2.20. The lowest BCUT2D eigenvalue weighted by Crippen LogP contribution is -2.09. The number of hydrogen-bond acceptors (Lipinski definition) is 3. The van der Waals surface area contributed by atoms with Crippen molar-refractivity contribution in [2.24, 2.45) is 0 Å². The van der Waals surface area contributed by atoms with Crippen LogP contribution in [-0.4, -0.2) is 11.0 Å². The van der Waals surface area contributed by atoms with Gasteiger partial charge in [-0.2, -0.15) is 0 Å². The van der Waals surface area contributed by atoms with Crippen molar-refractivity contribution >= 4 is 5.69 Å². The molecule has 0 aromatic heterocycles. The van der Waals surface area contributed by atoms with Gasteiger partial charge in [0.05, 0.1) is 22.7 Å². The Morgan fingerprint density at radius 1 is 1.31 bits per heavy atom. The minimum absolute atomic E-state index is 0.0518. The SMILES string of the molecule is Cc1ccc(C(C)OC(C)C)c([N+](=O)[O-])c1. The first-order valence-corrected chi connectivity index (χ1v) is 5.32. The van der Waals surface area contributed by atoms with Crippen molar-refractivity contribution in [3.63, 3.8) is 0 Å². The summed E-state index contributed by atoms with van der Waals surface area (Å²) in [5.41, 5.74) is 1.64. The fraction of sp³-hybridized carbons (Fsp3) is 0.500. The second kappa shape index (κ2) is 5.07. The number of aryl methyl sites for hydroxylation is 1. The molecule has 0 bridgehead atoms. The van der Waals surface area contributed by atoms with E-state index >= 15 is 0 Å². The van der Waals surface area contributed by atoms with E-state index in [0.29, 0.717) is 5.56 Å². The van der Waals surface area contributed by atoms with E-state index in [0.717, 1.165) is 5.56 Å². The van der Waals surface area contributed by atoms with Crippen molar-refractivity contribution in [2.75, 3.05) is 0 Å². The van der Waals surface area contributed by atoms with E-state index < -0.39 is 0 Å². The molecular weight excluding hydrogens is 206 g/mol. The van der Waals surface area contributed by atoms with Crippen LogP contribution < -0.4 is 0 Å². The summed E-state index contributed by atoms with van der Waals surface area (Å²) in [5, 5.41) is 10.9. The third kappa shape index (κ3) is 3.03. The monoisotopic (exact) mass is 223 g/mol. The molecule has 0 saturated carbocycles. The molecular formula is C12H17NO3. The summed E-state index contributed by atoms with van der Waals surface area (Å²) < 4.78 is 5.56. The Morgan fingerprint density at radius 3 is 2.44 bits per heavy atom. The summed E-state index contributed by atoms with van der Waals surface area (Å²) in [7, 11) is 0. The Kier molecular flexibility index (Phi) is 4.01. The van der Waals surface area contributed by atoms with E-state index in [1.165, 1.54) is 0 Å². The summed E-state index contributed by atoms with van der Waals surface area (Å²) in [4.78, 5) is 10.6. The summed E-state index contributed by atoms with van der Waals surface area (Å²) >= 11 is 0. The Balaban J connectivity index is 3.07. The Bertz CT molecular complexity index is 388. The Hall–Kier alpha value is -1.42. The summed E-state index contributed by atoms with van der Waals surface area (Å²) in [5.74, 6) is 0. The molecule has 1 rings (SSSR count). The van der Waals surface area contributed by atoms with Gasteiger partial charge in [0, 0.05) is 6.07 Å². The topological polar surface area (TPSA) is 52.4 Å². The van der Waals surface area contributed by atoms with E-state index in [9.17, 15) is 10.1 Å². The molecule has 1 unspecified atom stereocenters. The predicted octanol–water partition coefficient (Wildman–Crippen LogP) is 3.39. The van der Waals surface area contributed by atoms with Crippen molar-refractivity contribution in [3.8, 4) is 0 Å². The van der Waals surface area contributed by atoms with Crippen LogP contribution in [0.1, 0.15) is 38.0 Å². The fourth-order valence-corrected chi connectivity index (χ4v) is 1.64. The first-order valence-electron chi connectivity index (χ1n) is 5.32. The third-order valence-corrected chi connectivity index (χ3v) is 2.30. The molecule has 0 radical (unpaired) electrons. The van der Waals surface area contributed by atoms with Crippen LogP contribution in [0, 0.1) is 17.0 Å². The normalized spacial score (nSPS) is 12.8. The molecule has 16 heavy (non-hydrogen) atoms. The molecule has 4 nitrogen and oxygen atoms in total. The van der Waals surface area contributed by atoms with Crippen LogP contribution in [0.15, 0.2) is 18.2 Å². The van der Waals surface area contributed by atoms with Crippen molar-refractivity contribution < 1.29 is 9.66 Å². The van der Waals surface area contributed by atoms with E-state index in [2.05, 4.69) is 0 Å². The highest BCUT2D eigenvalue weighted by Crippen LogP contribution is 2.28. The molecule has 1 aromatic carbocycles. The molecule has 4 heteroatoms. The number of benzene rings is 1. The fourth-order valence-electron chi connectivity index (χ4n) is 1.64. The molecule has 0 aliphatic rings. The maximum absolute atomic E-state index is 10.9. The molecule has 1 atom stereocenters. The van der Waals surface area contributed by atoms with Crippen molar-refractivity contribution in [1.82, 2.24) is 0 Å². The smallest absolute Gasteiger partial charge is 0.275 e. The number of rotatable bonds is 4. The lowest BCUT2D eigenvalue weighted by molar-refractivity contribution is -0.386. The predicted molar refractivity (Wildman–Crippen MR) is 62.5 cm³/mol. The van der Waals surface area contributed by atoms with Crippen LogP contribution in [0.5, 0.6) is 0 Å². The van der Waals surface area contributed by atoms with Crippen molar-refractivity contribution in [3.05, 3.63) is 39.4 Å². The molecule has 0 heterocycles. The number of hydrogen-bond donors (Lipinski definition) is 0. The molecule has 1 aromatic rings. The van der Waals surface area contributed by atoms with Gasteiger partial charge in [-0.05, 0) is 39.3 Å². The maximum atomic E-state index is 10.9. The Labute approximate surface area is 95.4 Å². The van der Waals surface area contributed by atoms with Crippen molar-refractivity contribution in [2.45, 2.75) is 39.9 Å². The molecule has 0 spiro atoms. The average Bonchev–Trinajstić information content (AvgIpc) is 2.16. The van der Waals surface area contributed by atoms with Gasteiger partial charge in [0.25, 0.3) is 5.69 Å². The summed E-state index contributed by atoms with van der Waals surface area (Å²) in [6.45, 7) is 7.50. The van der Waals surface area contributed by atoms with Gasteiger partial charge in [-0.3, -0.25) is 10.1 Å². The van der Waals surface area contributed by atoms with Gasteiger partial charge < -0.3 is 4.74 Å². The van der Waals surface area contributed by atoms with Gasteiger partial charge in [0.1, 0.15) is 0 Å². The van der Waals surface area contributed by atoms with E-state index in [4.69, 9.17) is 4.74 Å². The zero-order valence-electron chi connectivity index (χ0n) is 10.1. The molecule has 0 N–H and O–H groups in total. The van der Waals surface area contributed by atoms with Crippen molar-refractivity contribution in [1.29, 1.82) is 0 Å². The maximum Gasteiger partial charge on any atom is 0.275 e. The molecule has 0 saturated heterocycles. The van der Waals surface area contributed by atoms with Crippen LogP contribution in [0.4, 0.5) is 5.69 Å². The minimum atomic E-state index is -0.359. The standard InChI is InChI=1S/C12H17NO3/c1-8(2)16-10(4)11-6-5-9(3)7-12(11)13(14)15/h5-8,10H,1-4H3. The van der Waals surface area contributed by atoms with E-state index in [-0.39, 0.29) is 22.8 Å². The first kappa shape index (κ1) is 12.6. The highest BCUT2D eigenvalue weighted by atomic mass is 16.6. The second-order valence-electron chi connectivity index (χ2n) is 4.15. The van der Waals surface area contributed by atoms with Gasteiger partial charge in [0.15, 0.2) is 0 Å². The number of ether oxygens (including phenoxy) is 1. The Morgan fingerprint density at radius 2 is 1.94 bits per heavy atom. The molecule has 0 fully saturated rings. The van der Waals surface area contributed by atoms with Gasteiger partial charge in [-0.15, -0.1) is 0 Å². The first-order chi connectivity index (χ1) is 7.41. The van der Waals surface area contributed by atoms with Crippen LogP contribution in [0.2, 0.25) is 0 Å². The van der Waals surface area contributed by atoms with Gasteiger partial charge >= 0.3 is 0 Å². The minimum Gasteiger partial charge on any atom is -0.371 e. The van der Waals surface area contributed by atoms with Crippen LogP contribution in [0.3, 0.4) is 0 Å². The molecule has 0 amide bonds. The largest absolute Gasteiger partial charge is 0.371 e. The molecule has 88 valence electrons. The molecule has 0 aliphatic heterocycles. The quantitative estimate of drug-likeness (QED) is 0.580.